The summed E-state index contributed by atoms with van der Waals surface area (Å²) in [6, 6.07) is 29.6. The number of nitrogens with one attached hydrogen (secondary N) is 3. The standard InChI is InChI=1S/C33H25ClN4O4/c1-41-22-15-11-19(12-16-22)26-28(20-13-17-23(42-2)18-14-20)35-30-27(31(39)38(37-30)21-7-4-3-5-8-21)33(26)24-9-6-10-25(34)29(24)36-32(33)40/h3-18,35,37H,1-2H3,(H,36,40). The lowest BCUT2D eigenvalue weighted by Crippen LogP contribution is -2.44. The van der Waals surface area contributed by atoms with E-state index in [1.807, 2.05) is 84.9 Å². The van der Waals surface area contributed by atoms with Crippen molar-refractivity contribution in [3.05, 3.63) is 135 Å². The molecule has 1 amide bonds. The first-order chi connectivity index (χ1) is 20.5. The first-order valence-corrected chi connectivity index (χ1v) is 13.7. The number of methoxy groups -OCH3 is 2. The van der Waals surface area contributed by atoms with E-state index in [0.717, 1.165) is 11.1 Å². The lowest BCUT2D eigenvalue weighted by molar-refractivity contribution is -0.117. The first-order valence-electron chi connectivity index (χ1n) is 13.3. The highest BCUT2D eigenvalue weighted by Gasteiger charge is 2.58. The number of hydrogen-bond donors (Lipinski definition) is 3. The normalized spacial score (nSPS) is 17.0. The number of amides is 1. The van der Waals surface area contributed by atoms with Crippen molar-refractivity contribution < 1.29 is 14.3 Å². The maximum absolute atomic E-state index is 14.6. The zero-order chi connectivity index (χ0) is 29.0. The smallest absolute Gasteiger partial charge is 0.278 e. The molecule has 0 radical (unpaired) electrons. The molecule has 7 rings (SSSR count). The Morgan fingerprint density at radius 1 is 0.738 bits per heavy atom. The maximum Gasteiger partial charge on any atom is 0.278 e. The number of para-hydroxylation sites is 2. The Labute approximate surface area is 246 Å². The van der Waals surface area contributed by atoms with E-state index in [0.29, 0.717) is 50.5 Å². The van der Waals surface area contributed by atoms with Crippen LogP contribution in [0.5, 0.6) is 11.5 Å². The molecular weight excluding hydrogens is 552 g/mol. The van der Waals surface area contributed by atoms with Crippen LogP contribution >= 0.6 is 11.6 Å². The quantitative estimate of drug-likeness (QED) is 0.236. The minimum atomic E-state index is -1.54. The van der Waals surface area contributed by atoms with E-state index in [-0.39, 0.29) is 17.0 Å². The van der Waals surface area contributed by atoms with Crippen LogP contribution in [0.4, 0.5) is 11.5 Å². The summed E-state index contributed by atoms with van der Waals surface area (Å²) in [5, 5.41) is 10.1. The predicted molar refractivity (Wildman–Crippen MR) is 164 cm³/mol. The van der Waals surface area contributed by atoms with Crippen molar-refractivity contribution in [1.82, 2.24) is 9.78 Å². The number of halogens is 1. The minimum Gasteiger partial charge on any atom is -0.497 e. The van der Waals surface area contributed by atoms with Gasteiger partial charge < -0.3 is 20.1 Å². The molecule has 2 aliphatic heterocycles. The Bertz CT molecular complexity index is 1940. The van der Waals surface area contributed by atoms with Gasteiger partial charge in [0.15, 0.2) is 0 Å². The number of rotatable bonds is 5. The molecular formula is C33H25ClN4O4. The summed E-state index contributed by atoms with van der Waals surface area (Å²) in [5.41, 5.74) is 2.86. The lowest BCUT2D eigenvalue weighted by Gasteiger charge is -2.36. The van der Waals surface area contributed by atoms with Crippen LogP contribution in [0, 0.1) is 0 Å². The molecule has 4 aromatic carbocycles. The van der Waals surface area contributed by atoms with Gasteiger partial charge in [0.25, 0.3) is 5.56 Å². The molecule has 1 unspecified atom stereocenters. The number of nitrogens with zero attached hydrogens (tertiary/aromatic N) is 1. The van der Waals surface area contributed by atoms with E-state index >= 15 is 0 Å². The Balaban J connectivity index is 1.62. The van der Waals surface area contributed by atoms with Crippen LogP contribution in [0.2, 0.25) is 5.02 Å². The number of aromatic amines is 1. The summed E-state index contributed by atoms with van der Waals surface area (Å²) in [6.07, 6.45) is 0. The monoisotopic (exact) mass is 576 g/mol. The van der Waals surface area contributed by atoms with E-state index < -0.39 is 5.41 Å². The Morgan fingerprint density at radius 2 is 1.38 bits per heavy atom. The predicted octanol–water partition coefficient (Wildman–Crippen LogP) is 6.07. The molecule has 1 spiro atoms. The van der Waals surface area contributed by atoms with Gasteiger partial charge in [0.2, 0.25) is 5.91 Å². The van der Waals surface area contributed by atoms with Gasteiger partial charge in [-0.3, -0.25) is 14.7 Å². The van der Waals surface area contributed by atoms with Gasteiger partial charge in [-0.15, -0.1) is 0 Å². The second-order valence-electron chi connectivity index (χ2n) is 10.0. The van der Waals surface area contributed by atoms with E-state index in [4.69, 9.17) is 21.1 Å². The number of carbonyl (C=O) groups is 1. The highest BCUT2D eigenvalue weighted by atomic mass is 35.5. The molecule has 1 aromatic heterocycles. The highest BCUT2D eigenvalue weighted by molar-refractivity contribution is 6.36. The van der Waals surface area contributed by atoms with E-state index in [1.165, 1.54) is 4.68 Å². The summed E-state index contributed by atoms with van der Waals surface area (Å²) in [4.78, 5) is 29.0. The van der Waals surface area contributed by atoms with Crippen LogP contribution in [0.15, 0.2) is 102 Å². The van der Waals surface area contributed by atoms with Gasteiger partial charge in [-0.1, -0.05) is 54.1 Å². The van der Waals surface area contributed by atoms with E-state index in [1.54, 1.807) is 26.4 Å². The average molecular weight is 577 g/mol. The summed E-state index contributed by atoms with van der Waals surface area (Å²) in [7, 11) is 3.21. The number of hydrogen-bond acceptors (Lipinski definition) is 5. The van der Waals surface area contributed by atoms with Crippen LogP contribution in [-0.2, 0) is 10.2 Å². The summed E-state index contributed by atoms with van der Waals surface area (Å²) in [5.74, 6) is 1.39. The van der Waals surface area contributed by atoms with Gasteiger partial charge in [-0.2, -0.15) is 0 Å². The van der Waals surface area contributed by atoms with Gasteiger partial charge >= 0.3 is 0 Å². The Hall–Kier alpha value is -5.21. The molecule has 0 saturated heterocycles. The second kappa shape index (κ2) is 9.71. The Morgan fingerprint density at radius 3 is 2.02 bits per heavy atom. The number of H-pyrrole nitrogens is 1. The molecule has 42 heavy (non-hydrogen) atoms. The largest absolute Gasteiger partial charge is 0.497 e. The Kier molecular flexibility index (Phi) is 5.95. The SMILES string of the molecule is COc1ccc(C2=C(c3ccc(OC)cc3)C3(C(=O)Nc4c(Cl)cccc43)c3c([nH]n(-c4ccccc4)c3=O)N2)cc1. The number of aromatic nitrogens is 2. The third-order valence-corrected chi connectivity index (χ3v) is 8.22. The van der Waals surface area contributed by atoms with Crippen molar-refractivity contribution >= 4 is 40.3 Å². The number of carbonyl (C=O) groups excluding carboxylic acids is 1. The van der Waals surface area contributed by atoms with Crippen molar-refractivity contribution in [2.24, 2.45) is 0 Å². The zero-order valence-corrected chi connectivity index (χ0v) is 23.5. The highest BCUT2D eigenvalue weighted by Crippen LogP contribution is 2.57. The van der Waals surface area contributed by atoms with Gasteiger partial charge in [0.1, 0.15) is 22.7 Å². The molecule has 8 nitrogen and oxygen atoms in total. The van der Waals surface area contributed by atoms with Crippen LogP contribution in [0.3, 0.4) is 0 Å². The fourth-order valence-electron chi connectivity index (χ4n) is 6.02. The summed E-state index contributed by atoms with van der Waals surface area (Å²) >= 11 is 6.66. The molecule has 3 N–H and O–H groups in total. The fraction of sp³-hybridized carbons (Fsp3) is 0.0909. The van der Waals surface area contributed by atoms with E-state index in [2.05, 4.69) is 15.7 Å². The topological polar surface area (TPSA) is 97.4 Å². The van der Waals surface area contributed by atoms with Crippen LogP contribution < -0.4 is 25.7 Å². The molecule has 3 heterocycles. The second-order valence-corrected chi connectivity index (χ2v) is 10.4. The van der Waals surface area contributed by atoms with Gasteiger partial charge in [-0.25, -0.2) is 4.68 Å². The summed E-state index contributed by atoms with van der Waals surface area (Å²) < 4.78 is 12.3. The van der Waals surface area contributed by atoms with Crippen LogP contribution in [0.25, 0.3) is 17.0 Å². The molecule has 0 aliphatic carbocycles. The molecule has 0 fully saturated rings. The average Bonchev–Trinajstić information content (AvgIpc) is 3.52. The number of anilines is 2. The van der Waals surface area contributed by atoms with Crippen molar-refractivity contribution in [3.8, 4) is 17.2 Å². The molecule has 208 valence electrons. The fourth-order valence-corrected chi connectivity index (χ4v) is 6.24. The minimum absolute atomic E-state index is 0.271. The van der Waals surface area contributed by atoms with Crippen molar-refractivity contribution in [2.75, 3.05) is 24.9 Å². The third kappa shape index (κ3) is 3.62. The zero-order valence-electron chi connectivity index (χ0n) is 22.7. The van der Waals surface area contributed by atoms with Gasteiger partial charge in [-0.05, 0) is 65.7 Å². The molecule has 9 heteroatoms. The van der Waals surface area contributed by atoms with Crippen molar-refractivity contribution in [2.45, 2.75) is 5.41 Å². The van der Waals surface area contributed by atoms with E-state index in [9.17, 15) is 9.59 Å². The molecule has 0 saturated carbocycles. The van der Waals surface area contributed by atoms with Gasteiger partial charge in [0.05, 0.1) is 41.9 Å². The van der Waals surface area contributed by atoms with Crippen LogP contribution in [-0.4, -0.2) is 29.9 Å². The number of ether oxygens (including phenoxy) is 2. The molecule has 2 aliphatic rings. The maximum atomic E-state index is 14.6. The number of benzene rings is 4. The molecule has 5 aromatic rings. The number of fused-ring (bicyclic) bond motifs is 4. The van der Waals surface area contributed by atoms with Crippen LogP contribution in [0.1, 0.15) is 22.3 Å². The molecule has 1 atom stereocenters. The summed E-state index contributed by atoms with van der Waals surface area (Å²) in [6.45, 7) is 0. The van der Waals surface area contributed by atoms with Gasteiger partial charge in [0, 0.05) is 11.1 Å². The molecule has 0 bridgehead atoms. The van der Waals surface area contributed by atoms with Crippen molar-refractivity contribution in [3.63, 3.8) is 0 Å². The van der Waals surface area contributed by atoms with Crippen molar-refractivity contribution in [1.29, 1.82) is 0 Å². The third-order valence-electron chi connectivity index (χ3n) is 7.91. The lowest BCUT2D eigenvalue weighted by atomic mass is 9.65. The first kappa shape index (κ1) is 25.7.